The topological polar surface area (TPSA) is 81.1 Å². The molecule has 2 N–H and O–H groups in total. The zero-order chi connectivity index (χ0) is 15.5. The standard InChI is InChI=1S/C15H21N5O2/c1-10(2)20-14-12(7-18-20)5-13(8-16-14)19-15(21)17-6-11-3-4-22-9-11/h5,7-8,10-11H,3-4,6,9H2,1-2H3,(H2,17,19,21)/t11-/m0/s1. The molecule has 7 nitrogen and oxygen atoms in total. The number of amides is 2. The largest absolute Gasteiger partial charge is 0.381 e. The van der Waals surface area contributed by atoms with E-state index < -0.39 is 0 Å². The van der Waals surface area contributed by atoms with Gasteiger partial charge < -0.3 is 15.4 Å². The Morgan fingerprint density at radius 1 is 1.50 bits per heavy atom. The lowest BCUT2D eigenvalue weighted by Crippen LogP contribution is -2.33. The Hall–Kier alpha value is -2.15. The van der Waals surface area contributed by atoms with E-state index in [2.05, 4.69) is 34.6 Å². The molecule has 1 aliphatic heterocycles. The summed E-state index contributed by atoms with van der Waals surface area (Å²) in [4.78, 5) is 16.3. The number of ether oxygens (including phenoxy) is 1. The fraction of sp³-hybridized carbons (Fsp3) is 0.533. The molecule has 1 atom stereocenters. The summed E-state index contributed by atoms with van der Waals surface area (Å²) >= 11 is 0. The van der Waals surface area contributed by atoms with Crippen molar-refractivity contribution in [3.63, 3.8) is 0 Å². The Bertz CT molecular complexity index is 661. The predicted molar refractivity (Wildman–Crippen MR) is 83.9 cm³/mol. The summed E-state index contributed by atoms with van der Waals surface area (Å²) in [6.07, 6.45) is 4.42. The average Bonchev–Trinajstić information content (AvgIpc) is 3.14. The van der Waals surface area contributed by atoms with E-state index in [0.717, 1.165) is 30.7 Å². The lowest BCUT2D eigenvalue weighted by Gasteiger charge is -2.11. The van der Waals surface area contributed by atoms with E-state index in [1.807, 2.05) is 10.7 Å². The van der Waals surface area contributed by atoms with E-state index in [1.165, 1.54) is 0 Å². The lowest BCUT2D eigenvalue weighted by atomic mass is 10.1. The summed E-state index contributed by atoms with van der Waals surface area (Å²) in [6, 6.07) is 1.91. The molecule has 1 aliphatic rings. The molecule has 0 bridgehead atoms. The van der Waals surface area contributed by atoms with Gasteiger partial charge in [-0.1, -0.05) is 0 Å². The van der Waals surface area contributed by atoms with Crippen molar-refractivity contribution in [2.75, 3.05) is 25.1 Å². The summed E-state index contributed by atoms with van der Waals surface area (Å²) < 4.78 is 7.15. The van der Waals surface area contributed by atoms with Gasteiger partial charge in [-0.15, -0.1) is 0 Å². The summed E-state index contributed by atoms with van der Waals surface area (Å²) in [7, 11) is 0. The number of hydrogen-bond acceptors (Lipinski definition) is 4. The molecule has 0 saturated carbocycles. The van der Waals surface area contributed by atoms with Crippen LogP contribution in [-0.4, -0.2) is 40.6 Å². The second-order valence-electron chi connectivity index (χ2n) is 5.88. The van der Waals surface area contributed by atoms with Crippen molar-refractivity contribution in [1.29, 1.82) is 0 Å². The minimum absolute atomic E-state index is 0.218. The van der Waals surface area contributed by atoms with Crippen LogP contribution in [0.2, 0.25) is 0 Å². The fourth-order valence-electron chi connectivity index (χ4n) is 2.54. The normalized spacial score (nSPS) is 18.0. The van der Waals surface area contributed by atoms with Gasteiger partial charge >= 0.3 is 6.03 Å². The van der Waals surface area contributed by atoms with E-state index in [-0.39, 0.29) is 12.1 Å². The molecule has 1 saturated heterocycles. The Morgan fingerprint density at radius 2 is 2.36 bits per heavy atom. The van der Waals surface area contributed by atoms with Crippen molar-refractivity contribution >= 4 is 22.8 Å². The molecule has 118 valence electrons. The molecule has 7 heteroatoms. The highest BCUT2D eigenvalue weighted by Crippen LogP contribution is 2.19. The maximum Gasteiger partial charge on any atom is 0.319 e. The van der Waals surface area contributed by atoms with Gasteiger partial charge in [0.1, 0.15) is 0 Å². The second kappa shape index (κ2) is 6.31. The van der Waals surface area contributed by atoms with E-state index >= 15 is 0 Å². The predicted octanol–water partition coefficient (Wildman–Crippen LogP) is 2.17. The molecule has 0 unspecified atom stereocenters. The zero-order valence-corrected chi connectivity index (χ0v) is 12.9. The first-order chi connectivity index (χ1) is 10.6. The average molecular weight is 303 g/mol. The van der Waals surface area contributed by atoms with E-state index in [4.69, 9.17) is 4.74 Å². The third-order valence-electron chi connectivity index (χ3n) is 3.76. The summed E-state index contributed by atoms with van der Waals surface area (Å²) in [5.74, 6) is 0.413. The number of hydrogen-bond donors (Lipinski definition) is 2. The van der Waals surface area contributed by atoms with Crippen molar-refractivity contribution in [2.24, 2.45) is 5.92 Å². The Labute approximate surface area is 129 Å². The monoisotopic (exact) mass is 303 g/mol. The van der Waals surface area contributed by atoms with E-state index in [9.17, 15) is 4.79 Å². The number of anilines is 1. The molecule has 2 aromatic heterocycles. The molecule has 0 aromatic carbocycles. The quantitative estimate of drug-likeness (QED) is 0.907. The molecule has 1 fully saturated rings. The molecule has 3 rings (SSSR count). The van der Waals surface area contributed by atoms with Crippen LogP contribution >= 0.6 is 0 Å². The van der Waals surface area contributed by atoms with Crippen molar-refractivity contribution < 1.29 is 9.53 Å². The van der Waals surface area contributed by atoms with Gasteiger partial charge in [-0.25, -0.2) is 14.5 Å². The summed E-state index contributed by atoms with van der Waals surface area (Å²) in [6.45, 7) is 6.25. The van der Waals surface area contributed by atoms with Crippen LogP contribution < -0.4 is 10.6 Å². The SMILES string of the molecule is CC(C)n1ncc2cc(NC(=O)NC[C@@H]3CCOC3)cnc21. The van der Waals surface area contributed by atoms with Crippen LogP contribution in [0.1, 0.15) is 26.3 Å². The first-order valence-electron chi connectivity index (χ1n) is 7.59. The number of carbonyl (C=O) groups excluding carboxylic acids is 1. The number of urea groups is 1. The number of aromatic nitrogens is 3. The molecule has 0 spiro atoms. The van der Waals surface area contributed by atoms with Crippen molar-refractivity contribution in [3.8, 4) is 0 Å². The van der Waals surface area contributed by atoms with Gasteiger partial charge in [0.25, 0.3) is 0 Å². The highest BCUT2D eigenvalue weighted by atomic mass is 16.5. The molecule has 2 amide bonds. The number of rotatable bonds is 4. The number of nitrogens with one attached hydrogen (secondary N) is 2. The van der Waals surface area contributed by atoms with Crippen molar-refractivity contribution in [1.82, 2.24) is 20.1 Å². The maximum atomic E-state index is 11.9. The fourth-order valence-corrected chi connectivity index (χ4v) is 2.54. The third kappa shape index (κ3) is 3.19. The Balaban J connectivity index is 1.62. The summed E-state index contributed by atoms with van der Waals surface area (Å²) in [5.41, 5.74) is 1.49. The van der Waals surface area contributed by atoms with E-state index in [1.54, 1.807) is 12.4 Å². The first kappa shape index (κ1) is 14.8. The number of fused-ring (bicyclic) bond motifs is 1. The molecule has 0 radical (unpaired) electrons. The van der Waals surface area contributed by atoms with Gasteiger partial charge in [0.2, 0.25) is 0 Å². The Morgan fingerprint density at radius 3 is 3.09 bits per heavy atom. The smallest absolute Gasteiger partial charge is 0.319 e. The molecule has 0 aliphatic carbocycles. The molecule has 3 heterocycles. The summed E-state index contributed by atoms with van der Waals surface area (Å²) in [5, 5.41) is 10.9. The lowest BCUT2D eigenvalue weighted by molar-refractivity contribution is 0.185. The minimum Gasteiger partial charge on any atom is -0.381 e. The van der Waals surface area contributed by atoms with Crippen LogP contribution in [-0.2, 0) is 4.74 Å². The zero-order valence-electron chi connectivity index (χ0n) is 12.9. The van der Waals surface area contributed by atoms with Gasteiger partial charge in [0.05, 0.1) is 24.7 Å². The van der Waals surface area contributed by atoms with Gasteiger partial charge in [-0.3, -0.25) is 0 Å². The molecule has 2 aromatic rings. The van der Waals surface area contributed by atoms with Gasteiger partial charge in [-0.2, -0.15) is 5.10 Å². The van der Waals surface area contributed by atoms with Crippen LogP contribution in [0.3, 0.4) is 0 Å². The van der Waals surface area contributed by atoms with Gasteiger partial charge in [0.15, 0.2) is 5.65 Å². The van der Waals surface area contributed by atoms with Crippen LogP contribution in [0.25, 0.3) is 11.0 Å². The van der Waals surface area contributed by atoms with Crippen LogP contribution in [0, 0.1) is 5.92 Å². The van der Waals surface area contributed by atoms with Gasteiger partial charge in [0, 0.05) is 30.5 Å². The molecular formula is C15H21N5O2. The highest BCUT2D eigenvalue weighted by molar-refractivity contribution is 5.91. The number of pyridine rings is 1. The highest BCUT2D eigenvalue weighted by Gasteiger charge is 2.16. The Kier molecular flexibility index (Phi) is 4.24. The van der Waals surface area contributed by atoms with Crippen LogP contribution in [0.4, 0.5) is 10.5 Å². The third-order valence-corrected chi connectivity index (χ3v) is 3.76. The van der Waals surface area contributed by atoms with E-state index in [0.29, 0.717) is 18.2 Å². The first-order valence-corrected chi connectivity index (χ1v) is 7.59. The minimum atomic E-state index is -0.218. The maximum absolute atomic E-state index is 11.9. The van der Waals surface area contributed by atoms with Crippen LogP contribution in [0.15, 0.2) is 18.5 Å². The molecular weight excluding hydrogens is 282 g/mol. The van der Waals surface area contributed by atoms with Crippen molar-refractivity contribution in [2.45, 2.75) is 26.3 Å². The second-order valence-corrected chi connectivity index (χ2v) is 5.88. The van der Waals surface area contributed by atoms with Crippen LogP contribution in [0.5, 0.6) is 0 Å². The number of carbonyl (C=O) groups is 1. The molecule has 22 heavy (non-hydrogen) atoms. The number of nitrogens with zero attached hydrogens (tertiary/aromatic N) is 3. The van der Waals surface area contributed by atoms with Gasteiger partial charge in [-0.05, 0) is 26.3 Å². The van der Waals surface area contributed by atoms with Crippen molar-refractivity contribution in [3.05, 3.63) is 18.5 Å².